The van der Waals surface area contributed by atoms with Crippen LogP contribution in [0.1, 0.15) is 53.9 Å². The quantitative estimate of drug-likeness (QED) is 0.428. The highest BCUT2D eigenvalue weighted by Gasteiger charge is 2.73. The molecule has 2 rings (SSSR count). The van der Waals surface area contributed by atoms with E-state index < -0.39 is 8.32 Å². The molecular weight excluding hydrogens is 292 g/mol. The van der Waals surface area contributed by atoms with Crippen molar-refractivity contribution in [3.05, 3.63) is 11.6 Å². The highest BCUT2D eigenvalue weighted by molar-refractivity contribution is 6.74. The van der Waals surface area contributed by atoms with Gasteiger partial charge in [-0.25, -0.2) is 0 Å². The van der Waals surface area contributed by atoms with Gasteiger partial charge in [-0.3, -0.25) is 4.79 Å². The molecule has 4 heteroatoms. The van der Waals surface area contributed by atoms with Gasteiger partial charge in [0.05, 0.1) is 19.1 Å². The predicted molar refractivity (Wildman–Crippen MR) is 92.2 cm³/mol. The molecule has 0 saturated heterocycles. The van der Waals surface area contributed by atoms with E-state index in [2.05, 4.69) is 53.8 Å². The van der Waals surface area contributed by atoms with E-state index in [4.69, 9.17) is 9.16 Å². The fraction of sp³-hybridized carbons (Fsp3) is 0.833. The summed E-state index contributed by atoms with van der Waals surface area (Å²) >= 11 is 0. The lowest BCUT2D eigenvalue weighted by Crippen LogP contribution is -2.46. The van der Waals surface area contributed by atoms with Crippen LogP contribution in [0.5, 0.6) is 0 Å². The van der Waals surface area contributed by atoms with Crippen molar-refractivity contribution < 1.29 is 14.0 Å². The van der Waals surface area contributed by atoms with Crippen molar-refractivity contribution in [3.63, 3.8) is 0 Å². The lowest BCUT2D eigenvalue weighted by Gasteiger charge is -2.41. The van der Waals surface area contributed by atoms with E-state index in [0.717, 1.165) is 12.8 Å². The summed E-state index contributed by atoms with van der Waals surface area (Å²) in [5, 5.41) is 0.223. The molecule has 0 amide bonds. The molecule has 0 radical (unpaired) electrons. The molecule has 0 aromatic heterocycles. The van der Waals surface area contributed by atoms with Gasteiger partial charge < -0.3 is 9.16 Å². The maximum Gasteiger partial charge on any atom is 0.309 e. The number of carbonyl (C=O) groups excluding carboxylic acids is 1. The topological polar surface area (TPSA) is 35.5 Å². The minimum atomic E-state index is -1.79. The Morgan fingerprint density at radius 3 is 2.41 bits per heavy atom. The summed E-state index contributed by atoms with van der Waals surface area (Å²) in [5.74, 6) is 0.390. The molecule has 2 aliphatic carbocycles. The van der Waals surface area contributed by atoms with Gasteiger partial charge in [-0.05, 0) is 42.3 Å². The van der Waals surface area contributed by atoms with E-state index in [1.54, 1.807) is 0 Å². The number of hydrogen-bond acceptors (Lipinski definition) is 3. The van der Waals surface area contributed by atoms with Crippen molar-refractivity contribution in [1.29, 1.82) is 0 Å². The van der Waals surface area contributed by atoms with Gasteiger partial charge in [0.1, 0.15) is 0 Å². The first-order valence-electron chi connectivity index (χ1n) is 8.32. The Balaban J connectivity index is 2.17. The predicted octanol–water partition coefficient (Wildman–Crippen LogP) is 4.69. The van der Waals surface area contributed by atoms with E-state index >= 15 is 0 Å². The monoisotopic (exact) mass is 324 g/mol. The van der Waals surface area contributed by atoms with Crippen LogP contribution >= 0.6 is 0 Å². The van der Waals surface area contributed by atoms with Crippen LogP contribution in [-0.4, -0.2) is 27.0 Å². The Bertz CT molecular complexity index is 499. The number of methoxy groups -OCH3 is 1. The SMILES string of the molecule is COC(=O)CC1=CC[C@]2(O[Si](C)(C)C(C)(C)C)[C@H](C1)C2(C)C. The Morgan fingerprint density at radius 2 is 1.95 bits per heavy atom. The first kappa shape index (κ1) is 17.7. The zero-order valence-corrected chi connectivity index (χ0v) is 16.5. The van der Waals surface area contributed by atoms with Crippen molar-refractivity contribution in [2.45, 2.75) is 77.6 Å². The molecule has 126 valence electrons. The molecule has 3 nitrogen and oxygen atoms in total. The summed E-state index contributed by atoms with van der Waals surface area (Å²) in [6.07, 6.45) is 4.56. The molecule has 0 aromatic rings. The van der Waals surface area contributed by atoms with Crippen LogP contribution in [-0.2, 0) is 14.0 Å². The lowest BCUT2D eigenvalue weighted by atomic mass is 9.95. The minimum Gasteiger partial charge on any atom is -0.469 e. The van der Waals surface area contributed by atoms with E-state index in [0.29, 0.717) is 12.3 Å². The van der Waals surface area contributed by atoms with Gasteiger partial charge in [-0.2, -0.15) is 0 Å². The number of rotatable bonds is 4. The van der Waals surface area contributed by atoms with Gasteiger partial charge in [-0.15, -0.1) is 0 Å². The molecule has 0 N–H and O–H groups in total. The van der Waals surface area contributed by atoms with Crippen molar-refractivity contribution in [3.8, 4) is 0 Å². The molecule has 0 heterocycles. The lowest BCUT2D eigenvalue weighted by molar-refractivity contribution is -0.139. The van der Waals surface area contributed by atoms with E-state index in [9.17, 15) is 4.79 Å². The Hall–Kier alpha value is -0.613. The summed E-state index contributed by atoms with van der Waals surface area (Å²) in [6, 6.07) is 0. The molecule has 1 saturated carbocycles. The average Bonchev–Trinajstić information content (AvgIpc) is 2.83. The number of ether oxygens (including phenoxy) is 1. The van der Waals surface area contributed by atoms with Gasteiger partial charge in [0.25, 0.3) is 0 Å². The van der Waals surface area contributed by atoms with Gasteiger partial charge in [-0.1, -0.05) is 46.3 Å². The van der Waals surface area contributed by atoms with Crippen LogP contribution in [0.2, 0.25) is 18.1 Å². The zero-order valence-electron chi connectivity index (χ0n) is 15.5. The third-order valence-corrected chi connectivity index (χ3v) is 10.9. The van der Waals surface area contributed by atoms with Crippen LogP contribution in [0.4, 0.5) is 0 Å². The summed E-state index contributed by atoms with van der Waals surface area (Å²) in [7, 11) is -0.338. The normalized spacial score (nSPS) is 30.4. The van der Waals surface area contributed by atoms with Crippen LogP contribution in [0.3, 0.4) is 0 Å². The Kier molecular flexibility index (Phi) is 4.19. The van der Waals surface area contributed by atoms with Crippen LogP contribution < -0.4 is 0 Å². The van der Waals surface area contributed by atoms with E-state index in [1.165, 1.54) is 12.7 Å². The molecule has 2 atom stereocenters. The minimum absolute atomic E-state index is 0.0182. The first-order chi connectivity index (χ1) is 9.87. The maximum absolute atomic E-state index is 11.5. The van der Waals surface area contributed by atoms with Crippen LogP contribution in [0.15, 0.2) is 11.6 Å². The van der Waals surface area contributed by atoms with Crippen LogP contribution in [0.25, 0.3) is 0 Å². The molecule has 1 fully saturated rings. The summed E-state index contributed by atoms with van der Waals surface area (Å²) in [6.45, 7) is 16.2. The zero-order chi connectivity index (χ0) is 17.0. The number of fused-ring (bicyclic) bond motifs is 1. The number of carbonyl (C=O) groups is 1. The Morgan fingerprint density at radius 1 is 1.36 bits per heavy atom. The molecule has 0 aliphatic heterocycles. The number of hydrogen-bond donors (Lipinski definition) is 0. The third kappa shape index (κ3) is 2.69. The molecule has 2 aliphatic rings. The van der Waals surface area contributed by atoms with Crippen molar-refractivity contribution >= 4 is 14.3 Å². The van der Waals surface area contributed by atoms with Gasteiger partial charge in [0.2, 0.25) is 0 Å². The van der Waals surface area contributed by atoms with Crippen LogP contribution in [0, 0.1) is 11.3 Å². The smallest absolute Gasteiger partial charge is 0.309 e. The highest BCUT2D eigenvalue weighted by atomic mass is 28.4. The van der Waals surface area contributed by atoms with Crippen molar-refractivity contribution in [2.75, 3.05) is 7.11 Å². The second-order valence-corrected chi connectivity index (χ2v) is 13.8. The fourth-order valence-corrected chi connectivity index (χ4v) is 5.35. The summed E-state index contributed by atoms with van der Waals surface area (Å²) in [5.41, 5.74) is 1.39. The molecule has 0 aromatic carbocycles. The Labute approximate surface area is 136 Å². The molecular formula is C18H32O3Si. The first-order valence-corrected chi connectivity index (χ1v) is 11.2. The second kappa shape index (κ2) is 5.20. The van der Waals surface area contributed by atoms with Gasteiger partial charge in [0.15, 0.2) is 8.32 Å². The third-order valence-electron chi connectivity index (χ3n) is 6.44. The van der Waals surface area contributed by atoms with Crippen molar-refractivity contribution in [2.24, 2.45) is 11.3 Å². The summed E-state index contributed by atoms with van der Waals surface area (Å²) in [4.78, 5) is 11.5. The van der Waals surface area contributed by atoms with Gasteiger partial charge >= 0.3 is 5.97 Å². The molecule has 0 unspecified atom stereocenters. The molecule has 0 bridgehead atoms. The summed E-state index contributed by atoms with van der Waals surface area (Å²) < 4.78 is 11.7. The van der Waals surface area contributed by atoms with E-state index in [1.807, 2.05) is 0 Å². The highest BCUT2D eigenvalue weighted by Crippen LogP contribution is 2.71. The molecule has 0 spiro atoms. The average molecular weight is 325 g/mol. The molecule has 22 heavy (non-hydrogen) atoms. The number of esters is 1. The maximum atomic E-state index is 11.5. The van der Waals surface area contributed by atoms with Gasteiger partial charge in [0, 0.05) is 0 Å². The van der Waals surface area contributed by atoms with E-state index in [-0.39, 0.29) is 22.0 Å². The largest absolute Gasteiger partial charge is 0.469 e. The standard InChI is InChI=1S/C18H32O3Si/c1-16(2,3)22(7,8)21-18-10-9-13(12-15(19)20-6)11-14(18)17(18,4)5/h9,14H,10-12H2,1-8H3/t14-,18+/m1/s1. The fourth-order valence-electron chi connectivity index (χ4n) is 3.65. The van der Waals surface area contributed by atoms with Crippen molar-refractivity contribution in [1.82, 2.24) is 0 Å². The second-order valence-electron chi connectivity index (χ2n) is 9.05.